The largest absolute Gasteiger partial charge is 0.355 e. The molecule has 0 atom stereocenters. The Kier molecular flexibility index (Phi) is 6.57. The predicted molar refractivity (Wildman–Crippen MR) is 77.4 cm³/mol. The SMILES string of the molecule is C=CCNC(=O)c1ccc(N(CCC)CCC)nn1. The average Bonchev–Trinajstić information content (AvgIpc) is 2.44. The highest BCUT2D eigenvalue weighted by molar-refractivity contribution is 5.92. The van der Waals surface area contributed by atoms with E-state index in [0.29, 0.717) is 12.2 Å². The van der Waals surface area contributed by atoms with E-state index in [9.17, 15) is 4.79 Å². The van der Waals surface area contributed by atoms with E-state index in [2.05, 4.69) is 40.8 Å². The Hall–Kier alpha value is -1.91. The molecule has 19 heavy (non-hydrogen) atoms. The van der Waals surface area contributed by atoms with Gasteiger partial charge in [0.2, 0.25) is 0 Å². The highest BCUT2D eigenvalue weighted by Gasteiger charge is 2.10. The zero-order chi connectivity index (χ0) is 14.1. The zero-order valence-electron chi connectivity index (χ0n) is 11.7. The molecule has 0 aliphatic heterocycles. The second-order valence-electron chi connectivity index (χ2n) is 4.26. The number of anilines is 1. The summed E-state index contributed by atoms with van der Waals surface area (Å²) in [6.45, 7) is 10.1. The van der Waals surface area contributed by atoms with Gasteiger partial charge in [0.05, 0.1) is 0 Å². The Bertz CT molecular complexity index is 396. The van der Waals surface area contributed by atoms with Gasteiger partial charge in [0.1, 0.15) is 0 Å². The monoisotopic (exact) mass is 262 g/mol. The van der Waals surface area contributed by atoms with Crippen molar-refractivity contribution >= 4 is 11.7 Å². The molecule has 0 saturated heterocycles. The summed E-state index contributed by atoms with van der Waals surface area (Å²) in [7, 11) is 0. The van der Waals surface area contributed by atoms with Gasteiger partial charge in [-0.15, -0.1) is 16.8 Å². The van der Waals surface area contributed by atoms with Crippen molar-refractivity contribution in [3.05, 3.63) is 30.5 Å². The molecular formula is C14H22N4O. The third-order valence-corrected chi connectivity index (χ3v) is 2.60. The molecule has 1 heterocycles. The highest BCUT2D eigenvalue weighted by Crippen LogP contribution is 2.10. The van der Waals surface area contributed by atoms with Crippen LogP contribution < -0.4 is 10.2 Å². The van der Waals surface area contributed by atoms with Gasteiger partial charge < -0.3 is 10.2 Å². The molecule has 1 aromatic rings. The van der Waals surface area contributed by atoms with Gasteiger partial charge in [-0.05, 0) is 25.0 Å². The molecule has 0 radical (unpaired) electrons. The number of hydrogen-bond acceptors (Lipinski definition) is 4. The van der Waals surface area contributed by atoms with Crippen molar-refractivity contribution in [3.8, 4) is 0 Å². The van der Waals surface area contributed by atoms with Gasteiger partial charge in [-0.2, -0.15) is 0 Å². The van der Waals surface area contributed by atoms with Crippen molar-refractivity contribution in [1.29, 1.82) is 0 Å². The lowest BCUT2D eigenvalue weighted by Gasteiger charge is -2.21. The van der Waals surface area contributed by atoms with Crippen molar-refractivity contribution < 1.29 is 4.79 Å². The number of rotatable bonds is 8. The van der Waals surface area contributed by atoms with Gasteiger partial charge in [0.15, 0.2) is 11.5 Å². The molecular weight excluding hydrogens is 240 g/mol. The minimum Gasteiger partial charge on any atom is -0.355 e. The average molecular weight is 262 g/mol. The van der Waals surface area contributed by atoms with Crippen LogP contribution in [0.25, 0.3) is 0 Å². The number of carbonyl (C=O) groups is 1. The second kappa shape index (κ2) is 8.24. The van der Waals surface area contributed by atoms with E-state index >= 15 is 0 Å². The van der Waals surface area contributed by atoms with E-state index in [0.717, 1.165) is 31.7 Å². The fourth-order valence-corrected chi connectivity index (χ4v) is 1.75. The molecule has 0 aliphatic carbocycles. The maximum Gasteiger partial charge on any atom is 0.272 e. The number of hydrogen-bond donors (Lipinski definition) is 1. The Labute approximate surface area is 114 Å². The first-order chi connectivity index (χ1) is 9.22. The summed E-state index contributed by atoms with van der Waals surface area (Å²) < 4.78 is 0. The van der Waals surface area contributed by atoms with Crippen LogP contribution in [0.2, 0.25) is 0 Å². The maximum absolute atomic E-state index is 11.7. The van der Waals surface area contributed by atoms with Gasteiger partial charge in [-0.1, -0.05) is 19.9 Å². The molecule has 1 aromatic heterocycles. The zero-order valence-corrected chi connectivity index (χ0v) is 11.7. The van der Waals surface area contributed by atoms with Crippen molar-refractivity contribution in [1.82, 2.24) is 15.5 Å². The maximum atomic E-state index is 11.7. The van der Waals surface area contributed by atoms with Crippen LogP contribution in [0.5, 0.6) is 0 Å². The molecule has 0 aromatic carbocycles. The number of carbonyl (C=O) groups excluding carboxylic acids is 1. The van der Waals surface area contributed by atoms with Crippen LogP contribution in [0, 0.1) is 0 Å². The summed E-state index contributed by atoms with van der Waals surface area (Å²) in [5, 5.41) is 10.8. The van der Waals surface area contributed by atoms with Crippen LogP contribution in [0.1, 0.15) is 37.2 Å². The van der Waals surface area contributed by atoms with Gasteiger partial charge in [0.25, 0.3) is 5.91 Å². The Morgan fingerprint density at radius 1 is 1.32 bits per heavy atom. The number of amides is 1. The molecule has 104 valence electrons. The van der Waals surface area contributed by atoms with E-state index < -0.39 is 0 Å². The molecule has 0 fully saturated rings. The molecule has 0 unspecified atom stereocenters. The van der Waals surface area contributed by atoms with Crippen molar-refractivity contribution in [2.75, 3.05) is 24.5 Å². The first kappa shape index (κ1) is 15.1. The van der Waals surface area contributed by atoms with Gasteiger partial charge in [-0.3, -0.25) is 4.79 Å². The number of nitrogens with one attached hydrogen (secondary N) is 1. The van der Waals surface area contributed by atoms with Crippen LogP contribution in [0.15, 0.2) is 24.8 Å². The molecule has 0 bridgehead atoms. The van der Waals surface area contributed by atoms with Gasteiger partial charge >= 0.3 is 0 Å². The summed E-state index contributed by atoms with van der Waals surface area (Å²) in [5.74, 6) is 0.598. The summed E-state index contributed by atoms with van der Waals surface area (Å²) in [5.41, 5.74) is 0.332. The number of nitrogens with zero attached hydrogens (tertiary/aromatic N) is 3. The highest BCUT2D eigenvalue weighted by atomic mass is 16.1. The van der Waals surface area contributed by atoms with Gasteiger partial charge in [0, 0.05) is 19.6 Å². The summed E-state index contributed by atoms with van der Waals surface area (Å²) in [4.78, 5) is 13.8. The molecule has 5 heteroatoms. The third-order valence-electron chi connectivity index (χ3n) is 2.60. The number of aromatic nitrogens is 2. The van der Waals surface area contributed by atoms with E-state index in [1.54, 1.807) is 12.1 Å². The normalized spacial score (nSPS) is 10.0. The fourth-order valence-electron chi connectivity index (χ4n) is 1.75. The van der Waals surface area contributed by atoms with Crippen molar-refractivity contribution in [2.45, 2.75) is 26.7 Å². The Morgan fingerprint density at radius 2 is 2.00 bits per heavy atom. The Morgan fingerprint density at radius 3 is 2.47 bits per heavy atom. The van der Waals surface area contributed by atoms with Crippen LogP contribution in [-0.2, 0) is 0 Å². The van der Waals surface area contributed by atoms with E-state index in [1.807, 2.05) is 6.07 Å². The quantitative estimate of drug-likeness (QED) is 0.728. The minimum absolute atomic E-state index is 0.225. The summed E-state index contributed by atoms with van der Waals surface area (Å²) in [6, 6.07) is 3.56. The third kappa shape index (κ3) is 4.69. The molecule has 1 rings (SSSR count). The lowest BCUT2D eigenvalue weighted by molar-refractivity contribution is 0.0952. The second-order valence-corrected chi connectivity index (χ2v) is 4.26. The van der Waals surface area contributed by atoms with E-state index in [1.165, 1.54) is 0 Å². The Balaban J connectivity index is 2.73. The van der Waals surface area contributed by atoms with Crippen molar-refractivity contribution in [3.63, 3.8) is 0 Å². The van der Waals surface area contributed by atoms with E-state index in [-0.39, 0.29) is 5.91 Å². The fraction of sp³-hybridized carbons (Fsp3) is 0.500. The molecule has 1 amide bonds. The summed E-state index contributed by atoms with van der Waals surface area (Å²) in [6.07, 6.45) is 3.75. The molecule has 0 spiro atoms. The first-order valence-corrected chi connectivity index (χ1v) is 6.70. The molecule has 1 N–H and O–H groups in total. The molecule has 5 nitrogen and oxygen atoms in total. The van der Waals surface area contributed by atoms with Crippen LogP contribution in [0.4, 0.5) is 5.82 Å². The standard InChI is InChI=1S/C14H22N4O/c1-4-9-15-14(19)12-7-8-13(17-16-12)18(10-5-2)11-6-3/h4,7-8H,1,5-6,9-11H2,2-3H3,(H,15,19). The molecule has 0 aliphatic rings. The van der Waals surface area contributed by atoms with Crippen LogP contribution in [-0.4, -0.2) is 35.7 Å². The van der Waals surface area contributed by atoms with Crippen LogP contribution in [0.3, 0.4) is 0 Å². The molecule has 0 saturated carbocycles. The minimum atomic E-state index is -0.225. The van der Waals surface area contributed by atoms with Crippen LogP contribution >= 0.6 is 0 Å². The van der Waals surface area contributed by atoms with E-state index in [4.69, 9.17) is 0 Å². The summed E-state index contributed by atoms with van der Waals surface area (Å²) >= 11 is 0. The topological polar surface area (TPSA) is 58.1 Å². The van der Waals surface area contributed by atoms with Crippen molar-refractivity contribution in [2.24, 2.45) is 0 Å². The lowest BCUT2D eigenvalue weighted by Crippen LogP contribution is -2.28. The predicted octanol–water partition coefficient (Wildman–Crippen LogP) is 2.02. The first-order valence-electron chi connectivity index (χ1n) is 6.70. The van der Waals surface area contributed by atoms with Gasteiger partial charge in [-0.25, -0.2) is 0 Å². The smallest absolute Gasteiger partial charge is 0.272 e. The lowest BCUT2D eigenvalue weighted by atomic mass is 10.3.